The quantitative estimate of drug-likeness (QED) is 0.895. The fraction of sp³-hybridized carbons (Fsp3) is 0.786. The van der Waals surface area contributed by atoms with Gasteiger partial charge in [0.05, 0.1) is 11.4 Å². The Morgan fingerprint density at radius 1 is 1.28 bits per heavy atom. The Balaban J connectivity index is 0.00000120. The molecule has 0 bridgehead atoms. The van der Waals surface area contributed by atoms with Crippen molar-refractivity contribution in [2.45, 2.75) is 58.5 Å². The van der Waals surface area contributed by atoms with Crippen LogP contribution < -0.4 is 5.32 Å². The summed E-state index contributed by atoms with van der Waals surface area (Å²) in [5, 5.41) is 8.23. The lowest BCUT2D eigenvalue weighted by atomic mass is 9.89. The lowest BCUT2D eigenvalue weighted by molar-refractivity contribution is 0.302. The smallest absolute Gasteiger partial charge is 0.0629 e. The van der Waals surface area contributed by atoms with Crippen molar-refractivity contribution in [2.75, 3.05) is 6.54 Å². The molecule has 1 aliphatic heterocycles. The largest absolute Gasteiger partial charge is 0.311 e. The Hall–Kier alpha value is -0.540. The molecule has 4 heteroatoms. The van der Waals surface area contributed by atoms with E-state index in [1.165, 1.54) is 49.1 Å². The number of hydrogen-bond donors (Lipinski definition) is 1. The van der Waals surface area contributed by atoms with Gasteiger partial charge in [-0.1, -0.05) is 19.3 Å². The van der Waals surface area contributed by atoms with E-state index in [-0.39, 0.29) is 12.4 Å². The molecular formula is C14H24ClN3. The highest BCUT2D eigenvalue weighted by atomic mass is 35.5. The fourth-order valence-corrected chi connectivity index (χ4v) is 3.38. The Kier molecular flexibility index (Phi) is 4.68. The fourth-order valence-electron chi connectivity index (χ4n) is 3.38. The van der Waals surface area contributed by atoms with Crippen LogP contribution in [0.3, 0.4) is 0 Å². The van der Waals surface area contributed by atoms with E-state index >= 15 is 0 Å². The Morgan fingerprint density at radius 2 is 2.06 bits per heavy atom. The van der Waals surface area contributed by atoms with Crippen molar-refractivity contribution in [3.05, 3.63) is 17.0 Å². The molecule has 0 atom stereocenters. The van der Waals surface area contributed by atoms with Gasteiger partial charge in [-0.25, -0.2) is 0 Å². The topological polar surface area (TPSA) is 29.9 Å². The zero-order valence-electron chi connectivity index (χ0n) is 11.2. The average molecular weight is 270 g/mol. The number of aromatic nitrogens is 2. The van der Waals surface area contributed by atoms with E-state index in [1.807, 2.05) is 0 Å². The van der Waals surface area contributed by atoms with Crippen molar-refractivity contribution >= 4 is 12.4 Å². The summed E-state index contributed by atoms with van der Waals surface area (Å²) in [6.07, 6.45) is 8.25. The second kappa shape index (κ2) is 6.07. The molecule has 18 heavy (non-hydrogen) atoms. The third kappa shape index (κ3) is 2.72. The molecular weight excluding hydrogens is 246 g/mol. The summed E-state index contributed by atoms with van der Waals surface area (Å²) in [5.41, 5.74) is 4.23. The number of fused-ring (bicyclic) bond motifs is 1. The first-order valence-electron chi connectivity index (χ1n) is 7.10. The van der Waals surface area contributed by atoms with Crippen LogP contribution in [0, 0.1) is 12.8 Å². The van der Waals surface area contributed by atoms with Gasteiger partial charge in [0, 0.05) is 13.1 Å². The van der Waals surface area contributed by atoms with Gasteiger partial charge < -0.3 is 5.32 Å². The molecule has 3 rings (SSSR count). The molecule has 1 aliphatic carbocycles. The summed E-state index contributed by atoms with van der Waals surface area (Å²) in [4.78, 5) is 0. The highest BCUT2D eigenvalue weighted by molar-refractivity contribution is 5.85. The molecule has 2 aliphatic rings. The van der Waals surface area contributed by atoms with E-state index in [0.29, 0.717) is 0 Å². The highest BCUT2D eigenvalue weighted by Gasteiger charge is 2.21. The summed E-state index contributed by atoms with van der Waals surface area (Å²) in [6, 6.07) is 0. The minimum Gasteiger partial charge on any atom is -0.311 e. The monoisotopic (exact) mass is 269 g/mol. The van der Waals surface area contributed by atoms with Crippen molar-refractivity contribution in [3.63, 3.8) is 0 Å². The standard InChI is InChI=1S/C14H23N3.ClH/c1-11-13-7-8-15-9-14(13)17(16-11)10-12-5-3-2-4-6-12;/h12,15H,2-10H2,1H3;1H. The van der Waals surface area contributed by atoms with Gasteiger partial charge in [0.25, 0.3) is 0 Å². The van der Waals surface area contributed by atoms with Gasteiger partial charge >= 0.3 is 0 Å². The molecule has 102 valence electrons. The maximum atomic E-state index is 4.76. The molecule has 3 nitrogen and oxygen atoms in total. The molecule has 1 aromatic rings. The molecule has 1 N–H and O–H groups in total. The first-order chi connectivity index (χ1) is 8.34. The third-order valence-corrected chi connectivity index (χ3v) is 4.37. The first-order valence-corrected chi connectivity index (χ1v) is 7.10. The first kappa shape index (κ1) is 13.9. The van der Waals surface area contributed by atoms with Crippen LogP contribution in [-0.4, -0.2) is 16.3 Å². The van der Waals surface area contributed by atoms with Crippen LogP contribution in [-0.2, 0) is 19.5 Å². The normalized spacial score (nSPS) is 20.3. The molecule has 0 saturated heterocycles. The Bertz CT molecular complexity index is 394. The maximum absolute atomic E-state index is 4.76. The predicted octanol–water partition coefficient (Wildman–Crippen LogP) is 2.84. The highest BCUT2D eigenvalue weighted by Crippen LogP contribution is 2.26. The summed E-state index contributed by atoms with van der Waals surface area (Å²) in [6.45, 7) is 5.45. The molecule has 1 saturated carbocycles. The number of hydrogen-bond acceptors (Lipinski definition) is 2. The zero-order valence-corrected chi connectivity index (χ0v) is 12.1. The molecule has 0 spiro atoms. The molecule has 0 unspecified atom stereocenters. The van der Waals surface area contributed by atoms with Crippen LogP contribution in [0.2, 0.25) is 0 Å². The molecule has 1 aromatic heterocycles. The molecule has 0 aromatic carbocycles. The lowest BCUT2D eigenvalue weighted by Gasteiger charge is -2.23. The number of nitrogens with one attached hydrogen (secondary N) is 1. The van der Waals surface area contributed by atoms with E-state index < -0.39 is 0 Å². The number of halogens is 1. The van der Waals surface area contributed by atoms with Crippen LogP contribution in [0.25, 0.3) is 0 Å². The summed E-state index contributed by atoms with van der Waals surface area (Å²) < 4.78 is 2.30. The van der Waals surface area contributed by atoms with Crippen molar-refractivity contribution in [2.24, 2.45) is 5.92 Å². The number of aryl methyl sites for hydroxylation is 1. The Labute approximate surface area is 116 Å². The second-order valence-electron chi connectivity index (χ2n) is 5.62. The molecule has 1 fully saturated rings. The second-order valence-corrected chi connectivity index (χ2v) is 5.62. The summed E-state index contributed by atoms with van der Waals surface area (Å²) >= 11 is 0. The van der Waals surface area contributed by atoms with Gasteiger partial charge in [-0.3, -0.25) is 4.68 Å². The van der Waals surface area contributed by atoms with E-state index in [9.17, 15) is 0 Å². The van der Waals surface area contributed by atoms with Gasteiger partial charge in [-0.15, -0.1) is 12.4 Å². The minimum absolute atomic E-state index is 0. The minimum atomic E-state index is 0. The zero-order chi connectivity index (χ0) is 11.7. The van der Waals surface area contributed by atoms with E-state index in [2.05, 4.69) is 16.9 Å². The Morgan fingerprint density at radius 3 is 2.83 bits per heavy atom. The maximum Gasteiger partial charge on any atom is 0.0629 e. The van der Waals surface area contributed by atoms with Crippen LogP contribution >= 0.6 is 12.4 Å². The van der Waals surface area contributed by atoms with Crippen LogP contribution in [0.1, 0.15) is 49.1 Å². The van der Waals surface area contributed by atoms with E-state index in [0.717, 1.165) is 32.0 Å². The average Bonchev–Trinajstić information content (AvgIpc) is 2.69. The van der Waals surface area contributed by atoms with Gasteiger partial charge in [0.1, 0.15) is 0 Å². The SMILES string of the molecule is Cc1nn(CC2CCCCC2)c2c1CCNC2.Cl. The predicted molar refractivity (Wildman–Crippen MR) is 76.2 cm³/mol. The number of nitrogens with zero attached hydrogens (tertiary/aromatic N) is 2. The summed E-state index contributed by atoms with van der Waals surface area (Å²) in [7, 11) is 0. The van der Waals surface area contributed by atoms with Crippen molar-refractivity contribution in [1.82, 2.24) is 15.1 Å². The molecule has 2 heterocycles. The molecule has 0 radical (unpaired) electrons. The molecule has 0 amide bonds. The van der Waals surface area contributed by atoms with E-state index in [1.54, 1.807) is 0 Å². The lowest BCUT2D eigenvalue weighted by Crippen LogP contribution is -2.26. The van der Waals surface area contributed by atoms with Gasteiger partial charge in [0.15, 0.2) is 0 Å². The van der Waals surface area contributed by atoms with E-state index in [4.69, 9.17) is 5.10 Å². The van der Waals surface area contributed by atoms with Crippen molar-refractivity contribution < 1.29 is 0 Å². The van der Waals surface area contributed by atoms with Crippen molar-refractivity contribution in [1.29, 1.82) is 0 Å². The van der Waals surface area contributed by atoms with Crippen LogP contribution in [0.15, 0.2) is 0 Å². The van der Waals surface area contributed by atoms with Crippen LogP contribution in [0.4, 0.5) is 0 Å². The number of rotatable bonds is 2. The van der Waals surface area contributed by atoms with Gasteiger partial charge in [-0.05, 0) is 44.2 Å². The third-order valence-electron chi connectivity index (χ3n) is 4.37. The van der Waals surface area contributed by atoms with Gasteiger partial charge in [0.2, 0.25) is 0 Å². The van der Waals surface area contributed by atoms with Gasteiger partial charge in [-0.2, -0.15) is 5.10 Å². The van der Waals surface area contributed by atoms with Crippen LogP contribution in [0.5, 0.6) is 0 Å². The summed E-state index contributed by atoms with van der Waals surface area (Å²) in [5.74, 6) is 0.870. The van der Waals surface area contributed by atoms with Crippen molar-refractivity contribution in [3.8, 4) is 0 Å².